The second kappa shape index (κ2) is 12.3. The lowest BCUT2D eigenvalue weighted by Crippen LogP contribution is -2.36. The van der Waals surface area contributed by atoms with E-state index in [-0.39, 0.29) is 46.9 Å². The van der Waals surface area contributed by atoms with Crippen LogP contribution in [0.1, 0.15) is 65.0 Å². The zero-order chi connectivity index (χ0) is 30.1. The zero-order valence-corrected chi connectivity index (χ0v) is 22.6. The number of nitrogens with zero attached hydrogens (tertiary/aromatic N) is 4. The topological polar surface area (TPSA) is 109 Å². The summed E-state index contributed by atoms with van der Waals surface area (Å²) >= 11 is 12.2. The van der Waals surface area contributed by atoms with E-state index in [1.165, 1.54) is 12.4 Å². The summed E-state index contributed by atoms with van der Waals surface area (Å²) < 4.78 is 71.6. The third-order valence-corrected chi connectivity index (χ3v) is 7.49. The van der Waals surface area contributed by atoms with E-state index >= 15 is 0 Å². The molecule has 41 heavy (non-hydrogen) atoms. The van der Waals surface area contributed by atoms with Crippen LogP contribution in [0.3, 0.4) is 0 Å². The number of carbonyl (C=O) groups is 2. The maximum Gasteiger partial charge on any atom is 0.433 e. The van der Waals surface area contributed by atoms with Crippen LogP contribution >= 0.6 is 23.2 Å². The second-order valence-electron chi connectivity index (χ2n) is 9.69. The Kier molecular flexibility index (Phi) is 9.19. The monoisotopic (exact) mass is 620 g/mol. The molecule has 2 aromatic heterocycles. The number of alkyl halides is 3. The molecule has 2 N–H and O–H groups in total. The van der Waals surface area contributed by atoms with E-state index in [0.29, 0.717) is 10.7 Å². The molecule has 1 aliphatic carbocycles. The van der Waals surface area contributed by atoms with Crippen LogP contribution in [0, 0.1) is 17.6 Å². The lowest BCUT2D eigenvalue weighted by molar-refractivity contribution is -0.147. The molecule has 0 saturated heterocycles. The Morgan fingerprint density at radius 2 is 1.61 bits per heavy atom. The van der Waals surface area contributed by atoms with Crippen molar-refractivity contribution in [3.8, 4) is 0 Å². The SMILES string of the molecule is O=C(c1cnn([C@H]2CC[C@H](C(=O)O)CC2)c1C(F)(F)F)N(Cc1cc(F)cc(F)c1)CC(O)c1c(Cl)cncc1Cl. The van der Waals surface area contributed by atoms with Crippen LogP contribution in [-0.2, 0) is 17.5 Å². The first-order chi connectivity index (χ1) is 19.3. The number of carboxylic acids is 1. The van der Waals surface area contributed by atoms with Crippen LogP contribution < -0.4 is 0 Å². The molecule has 1 aliphatic rings. The van der Waals surface area contributed by atoms with E-state index in [4.69, 9.17) is 23.2 Å². The minimum absolute atomic E-state index is 0.0477. The molecule has 4 rings (SSSR count). The van der Waals surface area contributed by atoms with Crippen molar-refractivity contribution in [1.82, 2.24) is 19.7 Å². The molecule has 0 spiro atoms. The van der Waals surface area contributed by atoms with Crippen molar-refractivity contribution in [2.24, 2.45) is 5.92 Å². The van der Waals surface area contributed by atoms with E-state index in [9.17, 15) is 41.8 Å². The number of hydrogen-bond donors (Lipinski definition) is 2. The van der Waals surface area contributed by atoms with Gasteiger partial charge in [0.15, 0.2) is 5.69 Å². The van der Waals surface area contributed by atoms with E-state index in [0.717, 1.165) is 23.2 Å². The normalized spacial score (nSPS) is 18.2. The summed E-state index contributed by atoms with van der Waals surface area (Å²) in [5, 5.41) is 23.8. The van der Waals surface area contributed by atoms with Gasteiger partial charge in [-0.1, -0.05) is 23.2 Å². The number of amides is 1. The number of aliphatic hydroxyl groups is 1. The highest BCUT2D eigenvalue weighted by molar-refractivity contribution is 6.35. The minimum atomic E-state index is -5.04. The number of hydrogen-bond acceptors (Lipinski definition) is 5. The molecule has 1 amide bonds. The van der Waals surface area contributed by atoms with Crippen molar-refractivity contribution in [1.29, 1.82) is 0 Å². The number of aliphatic carboxylic acids is 1. The predicted molar refractivity (Wildman–Crippen MR) is 136 cm³/mol. The van der Waals surface area contributed by atoms with Gasteiger partial charge in [0.25, 0.3) is 5.91 Å². The molecular weight excluding hydrogens is 598 g/mol. The fourth-order valence-electron chi connectivity index (χ4n) is 5.00. The van der Waals surface area contributed by atoms with Crippen LogP contribution in [-0.4, -0.2) is 48.3 Å². The molecule has 2 heterocycles. The number of carboxylic acid groups (broad SMARTS) is 1. The van der Waals surface area contributed by atoms with Gasteiger partial charge in [0.2, 0.25) is 0 Å². The molecular formula is C26H23Cl2F5N4O4. The zero-order valence-electron chi connectivity index (χ0n) is 21.1. The van der Waals surface area contributed by atoms with Crippen LogP contribution in [0.5, 0.6) is 0 Å². The fraction of sp³-hybridized carbons (Fsp3) is 0.385. The lowest BCUT2D eigenvalue weighted by Gasteiger charge is -2.29. The van der Waals surface area contributed by atoms with Gasteiger partial charge < -0.3 is 15.1 Å². The molecule has 3 aromatic rings. The highest BCUT2D eigenvalue weighted by Crippen LogP contribution is 2.39. The first-order valence-corrected chi connectivity index (χ1v) is 13.1. The van der Waals surface area contributed by atoms with Gasteiger partial charge in [0, 0.05) is 30.6 Å². The molecule has 1 atom stereocenters. The predicted octanol–water partition coefficient (Wildman–Crippen LogP) is 6.07. The Balaban J connectivity index is 1.72. The summed E-state index contributed by atoms with van der Waals surface area (Å²) in [7, 11) is 0. The standard InChI is InChI=1S/C26H23Cl2F5N4O4/c27-19-9-34-10-20(28)22(19)21(38)12-36(11-13-5-15(29)7-16(30)6-13)24(39)18-8-35-37(23(18)26(31,32)33)17-3-1-14(2-4-17)25(40)41/h5-10,14,17,21,38H,1-4,11-12H2,(H,40,41)/t14-,17-,21?. The van der Waals surface area contributed by atoms with Gasteiger partial charge in [-0.3, -0.25) is 19.3 Å². The number of pyridine rings is 1. The quantitative estimate of drug-likeness (QED) is 0.296. The van der Waals surface area contributed by atoms with Gasteiger partial charge in [0.05, 0.1) is 46.4 Å². The average Bonchev–Trinajstić information content (AvgIpc) is 3.33. The molecule has 1 aromatic carbocycles. The van der Waals surface area contributed by atoms with Gasteiger partial charge in [-0.2, -0.15) is 18.3 Å². The summed E-state index contributed by atoms with van der Waals surface area (Å²) in [6.07, 6.45) is -3.11. The lowest BCUT2D eigenvalue weighted by atomic mass is 9.86. The molecule has 1 saturated carbocycles. The Morgan fingerprint density at radius 3 is 2.15 bits per heavy atom. The highest BCUT2D eigenvalue weighted by Gasteiger charge is 2.43. The summed E-state index contributed by atoms with van der Waals surface area (Å²) in [4.78, 5) is 29.5. The minimum Gasteiger partial charge on any atom is -0.481 e. The number of carbonyl (C=O) groups excluding carboxylic acids is 1. The molecule has 1 fully saturated rings. The van der Waals surface area contributed by atoms with Crippen molar-refractivity contribution < 1.29 is 41.8 Å². The molecule has 0 bridgehead atoms. The van der Waals surface area contributed by atoms with Crippen LogP contribution in [0.25, 0.3) is 0 Å². The molecule has 15 heteroatoms. The molecule has 8 nitrogen and oxygen atoms in total. The van der Waals surface area contributed by atoms with E-state index < -0.39 is 72.1 Å². The van der Waals surface area contributed by atoms with Crippen molar-refractivity contribution in [3.05, 3.63) is 80.9 Å². The maximum atomic E-state index is 14.4. The van der Waals surface area contributed by atoms with Gasteiger partial charge in [-0.05, 0) is 43.4 Å². The highest BCUT2D eigenvalue weighted by atomic mass is 35.5. The molecule has 0 radical (unpaired) electrons. The molecule has 0 aliphatic heterocycles. The summed E-state index contributed by atoms with van der Waals surface area (Å²) in [5.41, 5.74) is -2.35. The number of halogens is 7. The number of aromatic nitrogens is 3. The van der Waals surface area contributed by atoms with Gasteiger partial charge in [0.1, 0.15) is 11.6 Å². The largest absolute Gasteiger partial charge is 0.481 e. The van der Waals surface area contributed by atoms with E-state index in [1.807, 2.05) is 0 Å². The van der Waals surface area contributed by atoms with Gasteiger partial charge in [-0.15, -0.1) is 0 Å². The second-order valence-corrected chi connectivity index (χ2v) is 10.5. The van der Waals surface area contributed by atoms with E-state index in [2.05, 4.69) is 10.1 Å². The summed E-state index contributed by atoms with van der Waals surface area (Å²) in [6.45, 7) is -1.25. The Hall–Kier alpha value is -3.29. The van der Waals surface area contributed by atoms with Gasteiger partial charge in [-0.25, -0.2) is 8.78 Å². The Morgan fingerprint density at radius 1 is 1.02 bits per heavy atom. The maximum absolute atomic E-state index is 14.4. The third kappa shape index (κ3) is 6.96. The molecule has 1 unspecified atom stereocenters. The summed E-state index contributed by atoms with van der Waals surface area (Å²) in [5.74, 6) is -4.91. The average molecular weight is 621 g/mol. The Labute approximate surface area is 240 Å². The number of benzene rings is 1. The van der Waals surface area contributed by atoms with Crippen LogP contribution in [0.4, 0.5) is 22.0 Å². The first-order valence-electron chi connectivity index (χ1n) is 12.3. The number of aliphatic hydroxyl groups excluding tert-OH is 1. The van der Waals surface area contributed by atoms with Crippen LogP contribution in [0.15, 0.2) is 36.8 Å². The van der Waals surface area contributed by atoms with Crippen molar-refractivity contribution in [2.75, 3.05) is 6.54 Å². The molecule has 220 valence electrons. The summed E-state index contributed by atoms with van der Waals surface area (Å²) in [6, 6.07) is 1.58. The van der Waals surface area contributed by atoms with Gasteiger partial charge >= 0.3 is 12.1 Å². The van der Waals surface area contributed by atoms with Crippen LogP contribution in [0.2, 0.25) is 10.0 Å². The smallest absolute Gasteiger partial charge is 0.433 e. The van der Waals surface area contributed by atoms with Crippen molar-refractivity contribution in [3.63, 3.8) is 0 Å². The fourth-order valence-corrected chi connectivity index (χ4v) is 5.61. The van der Waals surface area contributed by atoms with Crippen molar-refractivity contribution in [2.45, 2.75) is 50.6 Å². The first kappa shape index (κ1) is 30.7. The number of rotatable bonds is 8. The van der Waals surface area contributed by atoms with Crippen molar-refractivity contribution >= 4 is 35.1 Å². The van der Waals surface area contributed by atoms with E-state index in [1.54, 1.807) is 0 Å². The Bertz CT molecular complexity index is 1400. The third-order valence-electron chi connectivity index (χ3n) is 6.89.